The molecular formula is C27H32N4O2S. The molecule has 1 aromatic carbocycles. The normalized spacial score (nSPS) is 15.7. The number of nitrogens with one attached hydrogen (secondary N) is 1. The Morgan fingerprint density at radius 3 is 2.79 bits per heavy atom. The van der Waals surface area contributed by atoms with Gasteiger partial charge in [-0.15, -0.1) is 11.3 Å². The van der Waals surface area contributed by atoms with Gasteiger partial charge in [0.2, 0.25) is 0 Å². The number of aromatic amines is 1. The van der Waals surface area contributed by atoms with E-state index in [-0.39, 0.29) is 0 Å². The van der Waals surface area contributed by atoms with Gasteiger partial charge >= 0.3 is 0 Å². The Morgan fingerprint density at radius 1 is 1.12 bits per heavy atom. The van der Waals surface area contributed by atoms with Crippen LogP contribution in [0, 0.1) is 11.8 Å². The molecule has 2 aromatic heterocycles. The van der Waals surface area contributed by atoms with Gasteiger partial charge in [0.25, 0.3) is 0 Å². The number of nitrogens with zero attached hydrogens (tertiary/aromatic N) is 3. The number of piperazine rings is 1. The molecule has 1 saturated heterocycles. The van der Waals surface area contributed by atoms with E-state index in [2.05, 4.69) is 68.4 Å². The van der Waals surface area contributed by atoms with Crippen LogP contribution in [0.5, 0.6) is 0 Å². The van der Waals surface area contributed by atoms with E-state index in [1.165, 1.54) is 41.0 Å². The van der Waals surface area contributed by atoms with E-state index in [0.29, 0.717) is 19.8 Å². The zero-order chi connectivity index (χ0) is 23.3. The van der Waals surface area contributed by atoms with Crippen molar-refractivity contribution < 1.29 is 9.47 Å². The second-order valence-electron chi connectivity index (χ2n) is 8.85. The number of ether oxygens (including phenoxy) is 2. The average Bonchev–Trinajstić information content (AvgIpc) is 3.57. The van der Waals surface area contributed by atoms with Gasteiger partial charge in [-0.25, -0.2) is 0 Å². The summed E-state index contributed by atoms with van der Waals surface area (Å²) in [5.74, 6) is 6.28. The lowest BCUT2D eigenvalue weighted by atomic mass is 10.0. The predicted molar refractivity (Wildman–Crippen MR) is 137 cm³/mol. The Kier molecular flexibility index (Phi) is 7.43. The Bertz CT molecular complexity index is 1180. The third-order valence-corrected chi connectivity index (χ3v) is 7.53. The minimum absolute atomic E-state index is 0.417. The lowest BCUT2D eigenvalue weighted by Gasteiger charge is -2.34. The van der Waals surface area contributed by atoms with Gasteiger partial charge < -0.3 is 14.4 Å². The van der Waals surface area contributed by atoms with Gasteiger partial charge in [0, 0.05) is 68.3 Å². The van der Waals surface area contributed by atoms with E-state index < -0.39 is 0 Å². The highest BCUT2D eigenvalue weighted by molar-refractivity contribution is 7.11. The van der Waals surface area contributed by atoms with E-state index >= 15 is 0 Å². The number of thiophene rings is 1. The third kappa shape index (κ3) is 5.12. The molecule has 1 aliphatic heterocycles. The molecule has 1 aliphatic carbocycles. The quantitative estimate of drug-likeness (QED) is 0.309. The first kappa shape index (κ1) is 23.3. The first-order valence-corrected chi connectivity index (χ1v) is 12.9. The number of rotatable bonds is 8. The highest BCUT2D eigenvalue weighted by Gasteiger charge is 2.26. The van der Waals surface area contributed by atoms with E-state index in [9.17, 15) is 0 Å². The molecule has 0 amide bonds. The highest BCUT2D eigenvalue weighted by Crippen LogP contribution is 2.41. The van der Waals surface area contributed by atoms with Crippen LogP contribution in [0.4, 0.5) is 0 Å². The zero-order valence-corrected chi connectivity index (χ0v) is 20.8. The lowest BCUT2D eigenvalue weighted by Crippen LogP contribution is -2.45. The van der Waals surface area contributed by atoms with Crippen molar-refractivity contribution in [1.29, 1.82) is 0 Å². The molecule has 0 saturated carbocycles. The van der Waals surface area contributed by atoms with E-state index in [0.717, 1.165) is 48.7 Å². The van der Waals surface area contributed by atoms with Gasteiger partial charge in [-0.1, -0.05) is 37.0 Å². The second kappa shape index (κ2) is 10.9. The van der Waals surface area contributed by atoms with Crippen LogP contribution in [-0.2, 0) is 22.4 Å². The van der Waals surface area contributed by atoms with Crippen molar-refractivity contribution in [2.75, 3.05) is 59.7 Å². The summed E-state index contributed by atoms with van der Waals surface area (Å²) in [6.45, 7) is 10.7. The molecular weight excluding hydrogens is 444 g/mol. The molecule has 178 valence electrons. The maximum absolute atomic E-state index is 5.42. The molecule has 2 aliphatic rings. The summed E-state index contributed by atoms with van der Waals surface area (Å²) in [6.07, 6.45) is 0.929. The summed E-state index contributed by atoms with van der Waals surface area (Å²) in [6, 6.07) is 9.09. The molecule has 0 unspecified atom stereocenters. The Balaban J connectivity index is 1.24. The maximum atomic E-state index is 5.42. The number of benzene rings is 1. The predicted octanol–water partition coefficient (Wildman–Crippen LogP) is 3.86. The first-order valence-electron chi connectivity index (χ1n) is 12.0. The maximum Gasteiger partial charge on any atom is 0.108 e. The molecule has 6 nitrogen and oxygen atoms in total. The Hall–Kier alpha value is -2.47. The zero-order valence-electron chi connectivity index (χ0n) is 20.0. The SMILES string of the molecule is CCN1CCN(Cc2ccc3c(c2)Cc2c(-c4csc(C#CCOCCOC)c4)n[nH]c2-3)CC1. The van der Waals surface area contributed by atoms with Crippen LogP contribution in [0.2, 0.25) is 0 Å². The topological polar surface area (TPSA) is 53.6 Å². The summed E-state index contributed by atoms with van der Waals surface area (Å²) in [4.78, 5) is 6.13. The lowest BCUT2D eigenvalue weighted by molar-refractivity contribution is 0.0877. The molecule has 34 heavy (non-hydrogen) atoms. The van der Waals surface area contributed by atoms with Crippen LogP contribution >= 0.6 is 11.3 Å². The summed E-state index contributed by atoms with van der Waals surface area (Å²) in [5, 5.41) is 10.1. The number of fused-ring (bicyclic) bond motifs is 3. The standard InChI is InChI=1S/C27H32N4O2S/c1-3-30-8-10-31(11-9-30)18-20-6-7-24-21(15-20)17-25-26(28-29-27(24)25)22-16-23(34-19-22)5-4-12-33-14-13-32-2/h6-7,15-16,19H,3,8-14,17-18H2,1-2H3,(H,28,29). The largest absolute Gasteiger partial charge is 0.382 e. The van der Waals surface area contributed by atoms with Crippen molar-refractivity contribution in [1.82, 2.24) is 20.0 Å². The summed E-state index contributed by atoms with van der Waals surface area (Å²) < 4.78 is 10.4. The molecule has 0 bridgehead atoms. The summed E-state index contributed by atoms with van der Waals surface area (Å²) >= 11 is 1.65. The van der Waals surface area contributed by atoms with E-state index in [4.69, 9.17) is 9.47 Å². The second-order valence-corrected chi connectivity index (χ2v) is 9.76. The highest BCUT2D eigenvalue weighted by atomic mass is 32.1. The Morgan fingerprint density at radius 2 is 1.97 bits per heavy atom. The molecule has 0 radical (unpaired) electrons. The molecule has 1 N–H and O–H groups in total. The van der Waals surface area contributed by atoms with Crippen molar-refractivity contribution in [3.63, 3.8) is 0 Å². The Labute approximate surface area is 205 Å². The average molecular weight is 477 g/mol. The molecule has 0 atom stereocenters. The van der Waals surface area contributed by atoms with Crippen LogP contribution in [-0.4, -0.2) is 79.7 Å². The smallest absolute Gasteiger partial charge is 0.108 e. The van der Waals surface area contributed by atoms with E-state index in [1.807, 2.05) is 0 Å². The van der Waals surface area contributed by atoms with Crippen LogP contribution in [0.25, 0.3) is 22.5 Å². The van der Waals surface area contributed by atoms with Crippen molar-refractivity contribution in [3.8, 4) is 34.4 Å². The van der Waals surface area contributed by atoms with Crippen LogP contribution in [0.15, 0.2) is 29.6 Å². The van der Waals surface area contributed by atoms with E-state index in [1.54, 1.807) is 18.4 Å². The van der Waals surface area contributed by atoms with Crippen LogP contribution in [0.1, 0.15) is 28.5 Å². The molecule has 5 rings (SSSR count). The number of aromatic nitrogens is 2. The van der Waals surface area contributed by atoms with Gasteiger partial charge in [0.15, 0.2) is 0 Å². The first-order chi connectivity index (χ1) is 16.7. The van der Waals surface area contributed by atoms with Crippen LogP contribution in [0.3, 0.4) is 0 Å². The van der Waals surface area contributed by atoms with Gasteiger partial charge in [0.1, 0.15) is 6.61 Å². The molecule has 3 aromatic rings. The fraction of sp³-hybridized carbons (Fsp3) is 0.444. The number of methoxy groups -OCH3 is 1. The number of likely N-dealkylation sites (N-methyl/N-ethyl adjacent to an activating group) is 1. The number of hydrogen-bond donors (Lipinski definition) is 1. The van der Waals surface area contributed by atoms with Crippen molar-refractivity contribution in [3.05, 3.63) is 51.2 Å². The van der Waals surface area contributed by atoms with Crippen LogP contribution < -0.4 is 0 Å². The van der Waals surface area contributed by atoms with Gasteiger partial charge in [-0.05, 0) is 23.7 Å². The monoisotopic (exact) mass is 476 g/mol. The summed E-state index contributed by atoms with van der Waals surface area (Å²) in [5.41, 5.74) is 8.74. The van der Waals surface area contributed by atoms with Crippen molar-refractivity contribution in [2.24, 2.45) is 0 Å². The minimum Gasteiger partial charge on any atom is -0.382 e. The third-order valence-electron chi connectivity index (χ3n) is 6.68. The van der Waals surface area contributed by atoms with Gasteiger partial charge in [0.05, 0.1) is 29.5 Å². The number of H-pyrrole nitrogens is 1. The van der Waals surface area contributed by atoms with Gasteiger partial charge in [-0.3, -0.25) is 10.00 Å². The fourth-order valence-electron chi connectivity index (χ4n) is 4.76. The molecule has 1 fully saturated rings. The van der Waals surface area contributed by atoms with Gasteiger partial charge in [-0.2, -0.15) is 5.10 Å². The fourth-order valence-corrected chi connectivity index (χ4v) is 5.52. The summed E-state index contributed by atoms with van der Waals surface area (Å²) in [7, 11) is 1.67. The van der Waals surface area contributed by atoms with Crippen molar-refractivity contribution >= 4 is 11.3 Å². The van der Waals surface area contributed by atoms with Crippen molar-refractivity contribution in [2.45, 2.75) is 19.9 Å². The minimum atomic E-state index is 0.417. The molecule has 3 heterocycles. The molecule has 0 spiro atoms. The molecule has 7 heteroatoms. The number of hydrogen-bond acceptors (Lipinski definition) is 6.